The normalized spacial score (nSPS) is 11.3. The molecule has 23 heavy (non-hydrogen) atoms. The first-order chi connectivity index (χ1) is 10.2. The van der Waals surface area contributed by atoms with Crippen molar-refractivity contribution in [2.45, 2.75) is 58.9 Å². The maximum Gasteiger partial charge on any atom is 0.303 e. The van der Waals surface area contributed by atoms with E-state index < -0.39 is 41.1 Å². The van der Waals surface area contributed by atoms with Crippen LogP contribution in [0.15, 0.2) is 0 Å². The van der Waals surface area contributed by atoms with E-state index in [1.54, 1.807) is 0 Å². The topological polar surface area (TPSA) is 0 Å². The maximum absolute atomic E-state index is 6.55. The van der Waals surface area contributed by atoms with Crippen LogP contribution in [0.5, 0.6) is 0 Å². The highest BCUT2D eigenvalue weighted by atomic mass is 35.6. The standard InChI is InChI=1S/C17H27ClSi5/c1-19(10-14-21(3,4)5)12-16-23(9,18)17-13-20(2)11-15-22(6,7)8/h1-9H3. The van der Waals surface area contributed by atoms with Gasteiger partial charge in [-0.2, -0.15) is 0 Å². The lowest BCUT2D eigenvalue weighted by Gasteiger charge is -2.04. The van der Waals surface area contributed by atoms with Crippen LogP contribution in [-0.2, 0) is 0 Å². The average Bonchev–Trinajstić information content (AvgIpc) is 2.37. The van der Waals surface area contributed by atoms with Crippen LogP contribution in [-0.4, -0.2) is 41.1 Å². The molecule has 0 spiro atoms. The Morgan fingerprint density at radius 1 is 0.565 bits per heavy atom. The monoisotopic (exact) mass is 406 g/mol. The summed E-state index contributed by atoms with van der Waals surface area (Å²) >= 11 is 6.55. The van der Waals surface area contributed by atoms with Gasteiger partial charge in [-0.05, 0) is 19.6 Å². The molecule has 0 saturated heterocycles. The van der Waals surface area contributed by atoms with Crippen molar-refractivity contribution in [3.05, 3.63) is 0 Å². The first kappa shape index (κ1) is 22.6. The van der Waals surface area contributed by atoms with Crippen LogP contribution in [0.25, 0.3) is 0 Å². The minimum atomic E-state index is -2.29. The van der Waals surface area contributed by atoms with Crippen molar-refractivity contribution in [2.24, 2.45) is 0 Å². The number of halogens is 1. The highest BCUT2D eigenvalue weighted by Gasteiger charge is 2.19. The quantitative estimate of drug-likeness (QED) is 0.323. The summed E-state index contributed by atoms with van der Waals surface area (Å²) < 4.78 is 0. The number of rotatable bonds is 0. The minimum Gasteiger partial charge on any atom is -0.138 e. The fourth-order valence-corrected chi connectivity index (χ4v) is 9.99. The van der Waals surface area contributed by atoms with Gasteiger partial charge in [0, 0.05) is 0 Å². The van der Waals surface area contributed by atoms with Crippen LogP contribution in [0.4, 0.5) is 0 Å². The van der Waals surface area contributed by atoms with Crippen molar-refractivity contribution in [3.63, 3.8) is 0 Å². The summed E-state index contributed by atoms with van der Waals surface area (Å²) in [7, 11) is -6.80. The Bertz CT molecular complexity index is 594. The molecular formula is C17H27ClSi5. The van der Waals surface area contributed by atoms with Crippen LogP contribution < -0.4 is 0 Å². The van der Waals surface area contributed by atoms with E-state index in [0.29, 0.717) is 0 Å². The summed E-state index contributed by atoms with van der Waals surface area (Å²) in [6, 6.07) is 0. The largest absolute Gasteiger partial charge is 0.303 e. The first-order valence-electron chi connectivity index (χ1n) is 7.69. The Labute approximate surface area is 155 Å². The van der Waals surface area contributed by atoms with Gasteiger partial charge in [0.1, 0.15) is 16.1 Å². The molecule has 0 aromatic carbocycles. The van der Waals surface area contributed by atoms with E-state index in [2.05, 4.69) is 96.7 Å². The van der Waals surface area contributed by atoms with Crippen LogP contribution in [0.1, 0.15) is 0 Å². The predicted octanol–water partition coefficient (Wildman–Crippen LogP) is 4.05. The molecule has 6 heteroatoms. The summed E-state index contributed by atoms with van der Waals surface area (Å²) in [5, 5.41) is 0. The van der Waals surface area contributed by atoms with Crippen LogP contribution >= 0.6 is 11.1 Å². The molecule has 0 heterocycles. The molecule has 0 aliphatic heterocycles. The molecular weight excluding hydrogens is 380 g/mol. The third kappa shape index (κ3) is 14.9. The summed E-state index contributed by atoms with van der Waals surface area (Å²) in [6.07, 6.45) is 0. The van der Waals surface area contributed by atoms with Crippen LogP contribution in [0.2, 0.25) is 58.9 Å². The molecule has 0 fully saturated rings. The fourth-order valence-electron chi connectivity index (χ4n) is 1.08. The zero-order valence-corrected chi connectivity index (χ0v) is 21.6. The summed E-state index contributed by atoms with van der Waals surface area (Å²) in [5.74, 6) is 0. The molecule has 2 radical (unpaired) electrons. The van der Waals surface area contributed by atoms with Gasteiger partial charge in [-0.3, -0.25) is 0 Å². The van der Waals surface area contributed by atoms with E-state index in [4.69, 9.17) is 11.1 Å². The van der Waals surface area contributed by atoms with Gasteiger partial charge in [0.2, 0.25) is 17.6 Å². The Morgan fingerprint density at radius 2 is 0.826 bits per heavy atom. The Kier molecular flexibility index (Phi) is 9.04. The average molecular weight is 407 g/mol. The van der Waals surface area contributed by atoms with Crippen molar-refractivity contribution in [3.8, 4) is 44.3 Å². The summed E-state index contributed by atoms with van der Waals surface area (Å²) in [5.41, 5.74) is 26.5. The van der Waals surface area contributed by atoms with Gasteiger partial charge in [0.15, 0.2) is 0 Å². The smallest absolute Gasteiger partial charge is 0.138 e. The molecule has 0 aromatic heterocycles. The van der Waals surface area contributed by atoms with Gasteiger partial charge in [-0.15, -0.1) is 55.4 Å². The van der Waals surface area contributed by atoms with Gasteiger partial charge in [-0.25, -0.2) is 0 Å². The van der Waals surface area contributed by atoms with Crippen LogP contribution in [0, 0.1) is 44.3 Å². The Hall–Kier alpha value is -0.386. The second kappa shape index (κ2) is 9.19. The van der Waals surface area contributed by atoms with Crippen molar-refractivity contribution in [2.75, 3.05) is 0 Å². The molecule has 122 valence electrons. The predicted molar refractivity (Wildman–Crippen MR) is 119 cm³/mol. The molecule has 0 N–H and O–H groups in total. The molecule has 0 amide bonds. The molecule has 0 nitrogen and oxygen atoms in total. The second-order valence-electron chi connectivity index (χ2n) is 7.75. The lowest BCUT2D eigenvalue weighted by Crippen LogP contribution is -2.21. The lowest BCUT2D eigenvalue weighted by atomic mass is 11.3. The zero-order chi connectivity index (χ0) is 18.3. The fraction of sp³-hybridized carbons (Fsp3) is 0.529. The molecule has 0 aromatic rings. The summed E-state index contributed by atoms with van der Waals surface area (Å²) in [6.45, 7) is 19.8. The second-order valence-corrected chi connectivity index (χ2v) is 25.5. The Balaban J connectivity index is 4.98. The van der Waals surface area contributed by atoms with Gasteiger partial charge in [0.05, 0.1) is 0 Å². The lowest BCUT2D eigenvalue weighted by molar-refractivity contribution is 1.81. The molecule has 0 bridgehead atoms. The third-order valence-corrected chi connectivity index (χ3v) is 8.73. The van der Waals surface area contributed by atoms with Gasteiger partial charge in [0.25, 0.3) is 0 Å². The van der Waals surface area contributed by atoms with E-state index in [0.717, 1.165) is 0 Å². The van der Waals surface area contributed by atoms with Crippen molar-refractivity contribution < 1.29 is 0 Å². The van der Waals surface area contributed by atoms with E-state index >= 15 is 0 Å². The van der Waals surface area contributed by atoms with E-state index in [9.17, 15) is 0 Å². The molecule has 0 unspecified atom stereocenters. The molecule has 0 saturated carbocycles. The first-order valence-corrected chi connectivity index (χ1v) is 22.2. The van der Waals surface area contributed by atoms with E-state index in [1.807, 2.05) is 6.55 Å². The highest BCUT2D eigenvalue weighted by molar-refractivity contribution is 7.29. The van der Waals surface area contributed by atoms with Gasteiger partial charge >= 0.3 is 7.38 Å². The minimum absolute atomic E-state index is 0.942. The summed E-state index contributed by atoms with van der Waals surface area (Å²) in [4.78, 5) is 0. The van der Waals surface area contributed by atoms with Crippen molar-refractivity contribution in [1.29, 1.82) is 0 Å². The molecule has 0 aliphatic rings. The van der Waals surface area contributed by atoms with Gasteiger partial charge in [-0.1, -0.05) is 39.3 Å². The third-order valence-electron chi connectivity index (χ3n) is 2.22. The Morgan fingerprint density at radius 3 is 1.09 bits per heavy atom. The number of hydrogen-bond acceptors (Lipinski definition) is 0. The number of hydrogen-bond donors (Lipinski definition) is 0. The van der Waals surface area contributed by atoms with Crippen molar-refractivity contribution in [1.82, 2.24) is 0 Å². The van der Waals surface area contributed by atoms with E-state index in [-0.39, 0.29) is 0 Å². The highest BCUT2D eigenvalue weighted by Crippen LogP contribution is 2.05. The SMILES string of the molecule is C[Si](C#C[Si](C)(C)C)C#C[Si](C)(Cl)C#C[Si](C)C#C[Si](C)(C)C. The van der Waals surface area contributed by atoms with Crippen LogP contribution in [0.3, 0.4) is 0 Å². The zero-order valence-electron chi connectivity index (χ0n) is 15.9. The van der Waals surface area contributed by atoms with Gasteiger partial charge < -0.3 is 0 Å². The van der Waals surface area contributed by atoms with Crippen molar-refractivity contribution >= 4 is 52.2 Å². The molecule has 0 atom stereocenters. The molecule has 0 aliphatic carbocycles. The van der Waals surface area contributed by atoms with E-state index in [1.165, 1.54) is 0 Å². The molecule has 0 rings (SSSR count). The maximum atomic E-state index is 6.55.